The topological polar surface area (TPSA) is 94.2 Å². The van der Waals surface area contributed by atoms with Crippen LogP contribution in [0.4, 0.5) is 9.18 Å². The van der Waals surface area contributed by atoms with Crippen molar-refractivity contribution >= 4 is 35.6 Å². The van der Waals surface area contributed by atoms with Crippen LogP contribution in [0.2, 0.25) is 5.02 Å². The number of benzene rings is 2. The summed E-state index contributed by atoms with van der Waals surface area (Å²) >= 11 is 5.87. The molecule has 0 radical (unpaired) electrons. The zero-order chi connectivity index (χ0) is 30.1. The monoisotopic (exact) mass is 576 g/mol. The van der Waals surface area contributed by atoms with E-state index in [9.17, 15) is 18.8 Å². The standard InChI is InChI=1S/C30H38ClFN2O6/c1-29(2,3)39-27(36)24(33-28(37)40-30(4,5)6)18-34(17-20-11-13-21(14-12-20)19-38-7)25(35)16-15-22-9-8-10-23(31)26(22)32/h8-16,24H,17-19H2,1-7H3,(H,33,37)/b16-15+. The number of nitrogens with one attached hydrogen (secondary N) is 1. The molecule has 218 valence electrons. The summed E-state index contributed by atoms with van der Waals surface area (Å²) in [5.74, 6) is -1.93. The van der Waals surface area contributed by atoms with Crippen LogP contribution in [0.5, 0.6) is 0 Å². The van der Waals surface area contributed by atoms with Gasteiger partial charge < -0.3 is 24.4 Å². The lowest BCUT2D eigenvalue weighted by atomic mass is 10.1. The van der Waals surface area contributed by atoms with Crippen LogP contribution in [0.15, 0.2) is 48.5 Å². The Bertz CT molecular complexity index is 1200. The maximum Gasteiger partial charge on any atom is 0.408 e. The third-order valence-electron chi connectivity index (χ3n) is 5.19. The lowest BCUT2D eigenvalue weighted by Gasteiger charge is -2.30. The highest BCUT2D eigenvalue weighted by Gasteiger charge is 2.31. The third kappa shape index (κ3) is 11.4. The number of amides is 2. The second-order valence-electron chi connectivity index (χ2n) is 11.2. The maximum atomic E-state index is 14.4. The van der Waals surface area contributed by atoms with Crippen molar-refractivity contribution in [3.63, 3.8) is 0 Å². The van der Waals surface area contributed by atoms with Gasteiger partial charge in [-0.1, -0.05) is 48.0 Å². The Kier molecular flexibility index (Phi) is 11.7. The number of rotatable bonds is 10. The Morgan fingerprint density at radius 3 is 2.15 bits per heavy atom. The highest BCUT2D eigenvalue weighted by atomic mass is 35.5. The van der Waals surface area contributed by atoms with E-state index in [1.165, 1.54) is 29.2 Å². The summed E-state index contributed by atoms with van der Waals surface area (Å²) in [4.78, 5) is 40.5. The van der Waals surface area contributed by atoms with Crippen LogP contribution in [-0.2, 0) is 37.0 Å². The van der Waals surface area contributed by atoms with Crippen molar-refractivity contribution in [2.45, 2.75) is 71.9 Å². The normalized spacial score (nSPS) is 12.6. The molecule has 0 spiro atoms. The molecule has 0 saturated heterocycles. The van der Waals surface area contributed by atoms with Crippen molar-refractivity contribution < 1.29 is 33.0 Å². The molecule has 2 rings (SSSR count). The number of hydrogen-bond acceptors (Lipinski definition) is 6. The van der Waals surface area contributed by atoms with Gasteiger partial charge in [0.1, 0.15) is 23.1 Å². The van der Waals surface area contributed by atoms with Crippen LogP contribution in [0.25, 0.3) is 6.08 Å². The molecule has 0 bridgehead atoms. The molecule has 0 aliphatic heterocycles. The van der Waals surface area contributed by atoms with Gasteiger partial charge in [-0.2, -0.15) is 0 Å². The fourth-order valence-corrected chi connectivity index (χ4v) is 3.68. The number of methoxy groups -OCH3 is 1. The minimum absolute atomic E-state index is 0.0749. The van der Waals surface area contributed by atoms with Crippen LogP contribution in [0.3, 0.4) is 0 Å². The molecule has 0 aliphatic carbocycles. The predicted molar refractivity (Wildman–Crippen MR) is 152 cm³/mol. The van der Waals surface area contributed by atoms with Crippen molar-refractivity contribution in [1.82, 2.24) is 10.2 Å². The quantitative estimate of drug-likeness (QED) is 0.279. The zero-order valence-corrected chi connectivity index (χ0v) is 24.8. The van der Waals surface area contributed by atoms with Crippen LogP contribution in [0.1, 0.15) is 58.2 Å². The van der Waals surface area contributed by atoms with Crippen molar-refractivity contribution in [3.05, 3.63) is 76.1 Å². The summed E-state index contributed by atoms with van der Waals surface area (Å²) in [7, 11) is 1.60. The zero-order valence-electron chi connectivity index (χ0n) is 24.0. The lowest BCUT2D eigenvalue weighted by molar-refractivity contribution is -0.158. The van der Waals surface area contributed by atoms with Gasteiger partial charge in [-0.3, -0.25) is 4.79 Å². The Morgan fingerprint density at radius 2 is 1.57 bits per heavy atom. The molecule has 0 fully saturated rings. The Balaban J connectivity index is 2.40. The smallest absolute Gasteiger partial charge is 0.408 e. The third-order valence-corrected chi connectivity index (χ3v) is 5.48. The molecule has 2 aromatic carbocycles. The summed E-state index contributed by atoms with van der Waals surface area (Å²) < 4.78 is 30.4. The largest absolute Gasteiger partial charge is 0.458 e. The Labute approximate surface area is 240 Å². The summed E-state index contributed by atoms with van der Waals surface area (Å²) in [6.07, 6.45) is 1.66. The molecule has 1 atom stereocenters. The highest BCUT2D eigenvalue weighted by molar-refractivity contribution is 6.30. The van der Waals surface area contributed by atoms with E-state index in [2.05, 4.69) is 5.32 Å². The molecular formula is C30H38ClFN2O6. The number of esters is 1. The molecule has 10 heteroatoms. The van der Waals surface area contributed by atoms with Gasteiger partial charge in [-0.05, 0) is 64.8 Å². The van der Waals surface area contributed by atoms with E-state index in [0.717, 1.165) is 11.1 Å². The number of carbonyl (C=O) groups is 3. The predicted octanol–water partition coefficient (Wildman–Crippen LogP) is 5.90. The first-order valence-corrected chi connectivity index (χ1v) is 13.2. The van der Waals surface area contributed by atoms with E-state index >= 15 is 0 Å². The minimum atomic E-state index is -1.25. The molecule has 0 aromatic heterocycles. The highest BCUT2D eigenvalue weighted by Crippen LogP contribution is 2.19. The van der Waals surface area contributed by atoms with E-state index < -0.39 is 41.0 Å². The Hall–Kier alpha value is -3.43. The fourth-order valence-electron chi connectivity index (χ4n) is 3.50. The molecule has 40 heavy (non-hydrogen) atoms. The first-order valence-electron chi connectivity index (χ1n) is 12.8. The van der Waals surface area contributed by atoms with E-state index in [1.54, 1.807) is 54.7 Å². The molecule has 1 unspecified atom stereocenters. The average Bonchev–Trinajstić information content (AvgIpc) is 2.83. The molecule has 1 N–H and O–H groups in total. The van der Waals surface area contributed by atoms with E-state index in [-0.39, 0.29) is 23.7 Å². The fraction of sp³-hybridized carbons (Fsp3) is 0.433. The van der Waals surface area contributed by atoms with Crippen LogP contribution < -0.4 is 5.32 Å². The molecule has 0 heterocycles. The average molecular weight is 577 g/mol. The summed E-state index contributed by atoms with van der Waals surface area (Å²) in [5, 5.41) is 2.46. The van der Waals surface area contributed by atoms with Crippen LogP contribution in [-0.4, -0.2) is 53.8 Å². The number of ether oxygens (including phenoxy) is 3. The molecule has 8 nitrogen and oxygen atoms in total. The van der Waals surface area contributed by atoms with Gasteiger partial charge in [0.25, 0.3) is 0 Å². The summed E-state index contributed by atoms with van der Waals surface area (Å²) in [6, 6.07) is 10.6. The van der Waals surface area contributed by atoms with Gasteiger partial charge >= 0.3 is 12.1 Å². The lowest BCUT2D eigenvalue weighted by Crippen LogP contribution is -2.52. The molecule has 2 amide bonds. The van der Waals surface area contributed by atoms with Crippen molar-refractivity contribution in [2.75, 3.05) is 13.7 Å². The number of nitrogens with zero attached hydrogens (tertiary/aromatic N) is 1. The SMILES string of the molecule is COCc1ccc(CN(CC(NC(=O)OC(C)(C)C)C(=O)OC(C)(C)C)C(=O)/C=C/c2cccc(Cl)c2F)cc1. The number of hydrogen-bond donors (Lipinski definition) is 1. The minimum Gasteiger partial charge on any atom is -0.458 e. The van der Waals surface area contributed by atoms with Gasteiger partial charge in [0.05, 0.1) is 18.2 Å². The van der Waals surface area contributed by atoms with Crippen molar-refractivity contribution in [2.24, 2.45) is 0 Å². The summed E-state index contributed by atoms with van der Waals surface area (Å²) in [5.41, 5.74) is 0.168. The number of alkyl carbamates (subject to hydrolysis) is 1. The first-order chi connectivity index (χ1) is 18.6. The number of halogens is 2. The first kappa shape index (κ1) is 32.8. The summed E-state index contributed by atoms with van der Waals surface area (Å²) in [6.45, 7) is 10.4. The van der Waals surface area contributed by atoms with Gasteiger partial charge in [-0.25, -0.2) is 14.0 Å². The van der Waals surface area contributed by atoms with E-state index in [1.807, 2.05) is 24.3 Å². The van der Waals surface area contributed by atoms with Gasteiger partial charge in [-0.15, -0.1) is 0 Å². The van der Waals surface area contributed by atoms with E-state index in [0.29, 0.717) is 6.61 Å². The molecular weight excluding hydrogens is 539 g/mol. The van der Waals surface area contributed by atoms with Gasteiger partial charge in [0, 0.05) is 25.3 Å². The van der Waals surface area contributed by atoms with Crippen molar-refractivity contribution in [3.8, 4) is 0 Å². The molecule has 2 aromatic rings. The Morgan fingerprint density at radius 1 is 0.975 bits per heavy atom. The second kappa shape index (κ2) is 14.3. The van der Waals surface area contributed by atoms with Crippen LogP contribution >= 0.6 is 11.6 Å². The second-order valence-corrected chi connectivity index (χ2v) is 11.6. The van der Waals surface area contributed by atoms with Crippen LogP contribution in [0, 0.1) is 5.82 Å². The number of carbonyl (C=O) groups excluding carboxylic acids is 3. The van der Waals surface area contributed by atoms with Gasteiger partial charge in [0.2, 0.25) is 5.91 Å². The molecule has 0 saturated carbocycles. The van der Waals surface area contributed by atoms with Gasteiger partial charge in [0.15, 0.2) is 0 Å². The molecule has 0 aliphatic rings. The maximum absolute atomic E-state index is 14.4. The van der Waals surface area contributed by atoms with E-state index in [4.69, 9.17) is 25.8 Å². The van der Waals surface area contributed by atoms with Crippen molar-refractivity contribution in [1.29, 1.82) is 0 Å².